The van der Waals surface area contributed by atoms with Gasteiger partial charge in [0.2, 0.25) is 0 Å². The lowest BCUT2D eigenvalue weighted by Crippen LogP contribution is -2.43. The van der Waals surface area contributed by atoms with Crippen molar-refractivity contribution in [1.29, 1.82) is 0 Å². The molecule has 2 atom stereocenters. The van der Waals surface area contributed by atoms with Gasteiger partial charge in [0.05, 0.1) is 12.2 Å². The van der Waals surface area contributed by atoms with Crippen molar-refractivity contribution < 1.29 is 4.74 Å². The third kappa shape index (κ3) is 5.05. The van der Waals surface area contributed by atoms with Gasteiger partial charge in [0.1, 0.15) is 0 Å². The number of hydrogen-bond acceptors (Lipinski definition) is 3. The van der Waals surface area contributed by atoms with Crippen molar-refractivity contribution in [2.24, 2.45) is 5.41 Å². The van der Waals surface area contributed by atoms with Crippen LogP contribution in [-0.2, 0) is 4.74 Å². The fourth-order valence-electron chi connectivity index (χ4n) is 3.49. The highest BCUT2D eigenvalue weighted by Gasteiger charge is 2.31. The molecule has 0 saturated carbocycles. The molecule has 1 N–H and O–H groups in total. The first kappa shape index (κ1) is 15.3. The van der Waals surface area contributed by atoms with Crippen molar-refractivity contribution in [3.05, 3.63) is 0 Å². The second kappa shape index (κ2) is 7.05. The van der Waals surface area contributed by atoms with Crippen LogP contribution in [0.15, 0.2) is 0 Å². The lowest BCUT2D eigenvalue weighted by atomic mass is 9.84. The first-order valence-corrected chi connectivity index (χ1v) is 8.17. The Morgan fingerprint density at radius 2 is 2.05 bits per heavy atom. The molecule has 2 aliphatic heterocycles. The zero-order chi connectivity index (χ0) is 13.7. The Morgan fingerprint density at radius 3 is 2.79 bits per heavy atom. The van der Waals surface area contributed by atoms with Crippen LogP contribution in [0.3, 0.4) is 0 Å². The van der Waals surface area contributed by atoms with E-state index in [4.69, 9.17) is 4.74 Å². The van der Waals surface area contributed by atoms with E-state index in [0.29, 0.717) is 17.6 Å². The van der Waals surface area contributed by atoms with Gasteiger partial charge in [-0.1, -0.05) is 20.8 Å². The fraction of sp³-hybridized carbons (Fsp3) is 1.00. The number of nitrogens with zero attached hydrogens (tertiary/aromatic N) is 1. The van der Waals surface area contributed by atoms with Crippen LogP contribution in [0.2, 0.25) is 0 Å². The summed E-state index contributed by atoms with van der Waals surface area (Å²) in [6.07, 6.45) is 7.34. The largest absolute Gasteiger partial charge is 0.372 e. The molecule has 0 amide bonds. The molecule has 0 aromatic rings. The molecule has 2 heterocycles. The van der Waals surface area contributed by atoms with Crippen LogP contribution in [0.4, 0.5) is 0 Å². The van der Waals surface area contributed by atoms with Crippen LogP contribution < -0.4 is 5.32 Å². The van der Waals surface area contributed by atoms with Crippen molar-refractivity contribution in [3.63, 3.8) is 0 Å². The summed E-state index contributed by atoms with van der Waals surface area (Å²) in [6.45, 7) is 12.8. The van der Waals surface area contributed by atoms with E-state index in [-0.39, 0.29) is 0 Å². The average Bonchev–Trinajstić information content (AvgIpc) is 2.76. The Labute approximate surface area is 119 Å². The quantitative estimate of drug-likeness (QED) is 0.750. The maximum Gasteiger partial charge on any atom is 0.0707 e. The topological polar surface area (TPSA) is 24.5 Å². The lowest BCUT2D eigenvalue weighted by Gasteiger charge is -2.39. The summed E-state index contributed by atoms with van der Waals surface area (Å²) in [6, 6.07) is 0. The Morgan fingerprint density at radius 1 is 1.26 bits per heavy atom. The van der Waals surface area contributed by atoms with Crippen LogP contribution in [0.5, 0.6) is 0 Å². The predicted molar refractivity (Wildman–Crippen MR) is 80.5 cm³/mol. The van der Waals surface area contributed by atoms with Crippen LogP contribution >= 0.6 is 0 Å². The number of rotatable bonds is 6. The van der Waals surface area contributed by atoms with Gasteiger partial charge < -0.3 is 15.0 Å². The number of hydrogen-bond donors (Lipinski definition) is 1. The highest BCUT2D eigenvalue weighted by atomic mass is 16.5. The molecule has 0 bridgehead atoms. The zero-order valence-corrected chi connectivity index (χ0v) is 13.1. The summed E-state index contributed by atoms with van der Waals surface area (Å²) in [5, 5.41) is 3.48. The monoisotopic (exact) mass is 268 g/mol. The molecule has 0 aromatic carbocycles. The molecule has 0 aliphatic carbocycles. The third-order valence-corrected chi connectivity index (χ3v) is 4.44. The number of likely N-dealkylation sites (tertiary alicyclic amines) is 1. The van der Waals surface area contributed by atoms with Gasteiger partial charge in [-0.2, -0.15) is 0 Å². The van der Waals surface area contributed by atoms with Gasteiger partial charge in [-0.25, -0.2) is 0 Å². The van der Waals surface area contributed by atoms with Crippen molar-refractivity contribution in [2.75, 3.05) is 32.7 Å². The van der Waals surface area contributed by atoms with Crippen molar-refractivity contribution in [3.8, 4) is 0 Å². The van der Waals surface area contributed by atoms with Gasteiger partial charge in [0, 0.05) is 19.6 Å². The van der Waals surface area contributed by atoms with Gasteiger partial charge in [-0.3, -0.25) is 0 Å². The highest BCUT2D eigenvalue weighted by Crippen LogP contribution is 2.29. The van der Waals surface area contributed by atoms with Gasteiger partial charge in [0.25, 0.3) is 0 Å². The Bertz CT molecular complexity index is 267. The molecular formula is C16H32N2O. The van der Waals surface area contributed by atoms with E-state index in [1.807, 2.05) is 0 Å². The third-order valence-electron chi connectivity index (χ3n) is 4.44. The molecule has 0 radical (unpaired) electrons. The molecule has 3 heteroatoms. The van der Waals surface area contributed by atoms with Gasteiger partial charge in [0.15, 0.2) is 0 Å². The van der Waals surface area contributed by atoms with Gasteiger partial charge in [-0.05, 0) is 50.6 Å². The molecule has 2 saturated heterocycles. The van der Waals surface area contributed by atoms with E-state index >= 15 is 0 Å². The van der Waals surface area contributed by atoms with Gasteiger partial charge >= 0.3 is 0 Å². The molecule has 3 nitrogen and oxygen atoms in total. The summed E-state index contributed by atoms with van der Waals surface area (Å²) >= 11 is 0. The average molecular weight is 268 g/mol. The Kier molecular flexibility index (Phi) is 5.67. The first-order chi connectivity index (χ1) is 9.09. The van der Waals surface area contributed by atoms with Crippen molar-refractivity contribution in [1.82, 2.24) is 10.2 Å². The van der Waals surface area contributed by atoms with Gasteiger partial charge in [-0.15, -0.1) is 0 Å². The summed E-state index contributed by atoms with van der Waals surface area (Å²) in [5.74, 6) is 0. The molecular weight excluding hydrogens is 236 g/mol. The molecule has 112 valence electrons. The summed E-state index contributed by atoms with van der Waals surface area (Å²) < 4.78 is 6.17. The molecule has 2 rings (SSSR count). The van der Waals surface area contributed by atoms with Crippen LogP contribution in [0, 0.1) is 5.41 Å². The number of ether oxygens (including phenoxy) is 1. The van der Waals surface area contributed by atoms with E-state index in [1.165, 1.54) is 45.2 Å². The maximum atomic E-state index is 6.17. The van der Waals surface area contributed by atoms with Crippen molar-refractivity contribution in [2.45, 2.75) is 65.1 Å². The van der Waals surface area contributed by atoms with E-state index in [2.05, 4.69) is 31.0 Å². The van der Waals surface area contributed by atoms with Crippen LogP contribution in [0.1, 0.15) is 52.9 Å². The smallest absolute Gasteiger partial charge is 0.0707 e. The Hall–Kier alpha value is -0.120. The van der Waals surface area contributed by atoms with Crippen molar-refractivity contribution >= 4 is 0 Å². The molecule has 2 fully saturated rings. The lowest BCUT2D eigenvalue weighted by molar-refractivity contribution is 0.00704. The minimum atomic E-state index is 0.453. The SMILES string of the molecule is CCCNCC1CCC(CN2CCCC(C)(C)C2)O1. The number of nitrogens with one attached hydrogen (secondary N) is 1. The van der Waals surface area contributed by atoms with E-state index in [1.54, 1.807) is 0 Å². The molecule has 19 heavy (non-hydrogen) atoms. The Balaban J connectivity index is 1.67. The van der Waals surface area contributed by atoms with Crippen LogP contribution in [-0.4, -0.2) is 49.8 Å². The minimum Gasteiger partial charge on any atom is -0.372 e. The summed E-state index contributed by atoms with van der Waals surface area (Å²) in [7, 11) is 0. The first-order valence-electron chi connectivity index (χ1n) is 8.17. The molecule has 2 unspecified atom stereocenters. The molecule has 2 aliphatic rings. The molecule has 0 spiro atoms. The minimum absolute atomic E-state index is 0.453. The fourth-order valence-corrected chi connectivity index (χ4v) is 3.49. The summed E-state index contributed by atoms with van der Waals surface area (Å²) in [4.78, 5) is 2.62. The van der Waals surface area contributed by atoms with E-state index < -0.39 is 0 Å². The van der Waals surface area contributed by atoms with E-state index in [9.17, 15) is 0 Å². The standard InChI is InChI=1S/C16H32N2O/c1-4-9-17-11-14-6-7-15(19-14)12-18-10-5-8-16(2,3)13-18/h14-15,17H,4-13H2,1-3H3. The predicted octanol–water partition coefficient (Wildman–Crippen LogP) is 2.66. The summed E-state index contributed by atoms with van der Waals surface area (Å²) in [5.41, 5.74) is 0.499. The van der Waals surface area contributed by atoms with Crippen LogP contribution in [0.25, 0.3) is 0 Å². The molecule has 0 aromatic heterocycles. The highest BCUT2D eigenvalue weighted by molar-refractivity contribution is 4.83. The number of piperidine rings is 1. The zero-order valence-electron chi connectivity index (χ0n) is 13.1. The second-order valence-electron chi connectivity index (χ2n) is 7.16. The second-order valence-corrected chi connectivity index (χ2v) is 7.16. The van der Waals surface area contributed by atoms with E-state index in [0.717, 1.165) is 19.6 Å². The normalized spacial score (nSPS) is 31.7. The maximum absolute atomic E-state index is 6.17.